The van der Waals surface area contributed by atoms with Gasteiger partial charge in [-0.05, 0) is 31.2 Å². The van der Waals surface area contributed by atoms with E-state index in [1.165, 1.54) is 11.8 Å². The second-order valence-corrected chi connectivity index (χ2v) is 7.19. The fourth-order valence-corrected chi connectivity index (χ4v) is 3.66. The molecular weight excluding hydrogens is 344 g/mol. The van der Waals surface area contributed by atoms with Crippen LogP contribution in [0, 0.1) is 0 Å². The van der Waals surface area contributed by atoms with Gasteiger partial charge in [0, 0.05) is 22.4 Å². The number of thioether (sulfide) groups is 1. The minimum atomic E-state index is -0.318. The Labute approximate surface area is 154 Å². The van der Waals surface area contributed by atoms with Crippen LogP contribution >= 0.6 is 11.8 Å². The van der Waals surface area contributed by atoms with Crippen molar-refractivity contribution in [3.63, 3.8) is 0 Å². The number of carbonyl (C=O) groups excluding carboxylic acids is 1. The van der Waals surface area contributed by atoms with Gasteiger partial charge >= 0.3 is 0 Å². The van der Waals surface area contributed by atoms with Crippen molar-refractivity contribution in [2.45, 2.75) is 17.2 Å². The highest BCUT2D eigenvalue weighted by molar-refractivity contribution is 8.00. The highest BCUT2D eigenvalue weighted by Crippen LogP contribution is 2.29. The molecular formula is C20H16N4OS. The number of nitrogens with zero attached hydrogens (tertiary/aromatic N) is 3. The molecule has 6 heteroatoms. The predicted octanol–water partition coefficient (Wildman–Crippen LogP) is 4.30. The molecule has 128 valence electrons. The number of hydrogen-bond acceptors (Lipinski definition) is 5. The Hall–Kier alpha value is -2.99. The zero-order valence-corrected chi connectivity index (χ0v) is 14.9. The van der Waals surface area contributed by atoms with Gasteiger partial charge in [-0.2, -0.15) is 5.10 Å². The number of carbonyl (C=O) groups is 1. The van der Waals surface area contributed by atoms with Crippen LogP contribution in [0.5, 0.6) is 0 Å². The average Bonchev–Trinajstić information content (AvgIpc) is 2.68. The van der Waals surface area contributed by atoms with E-state index >= 15 is 0 Å². The molecule has 2 aromatic heterocycles. The summed E-state index contributed by atoms with van der Waals surface area (Å²) in [5.74, 6) is -0.0823. The van der Waals surface area contributed by atoms with Crippen LogP contribution in [0.25, 0.3) is 21.7 Å². The van der Waals surface area contributed by atoms with Crippen LogP contribution in [0.15, 0.2) is 72.0 Å². The van der Waals surface area contributed by atoms with Crippen molar-refractivity contribution in [3.05, 3.63) is 67.0 Å². The summed E-state index contributed by atoms with van der Waals surface area (Å²) in [6.07, 6.45) is 3.47. The summed E-state index contributed by atoms with van der Waals surface area (Å²) in [5.41, 5.74) is 1.61. The first-order chi connectivity index (χ1) is 12.7. The van der Waals surface area contributed by atoms with Crippen molar-refractivity contribution in [1.29, 1.82) is 0 Å². The van der Waals surface area contributed by atoms with Crippen molar-refractivity contribution in [1.82, 2.24) is 15.2 Å². The summed E-state index contributed by atoms with van der Waals surface area (Å²) in [4.78, 5) is 17.0. The highest BCUT2D eigenvalue weighted by Gasteiger charge is 2.18. The number of rotatable bonds is 4. The summed E-state index contributed by atoms with van der Waals surface area (Å²) in [7, 11) is 0. The lowest BCUT2D eigenvalue weighted by atomic mass is 10.2. The van der Waals surface area contributed by atoms with E-state index in [2.05, 4.69) is 20.5 Å². The number of amides is 1. The van der Waals surface area contributed by atoms with Crippen molar-refractivity contribution in [3.8, 4) is 0 Å². The largest absolute Gasteiger partial charge is 0.324 e. The van der Waals surface area contributed by atoms with Gasteiger partial charge in [0.05, 0.1) is 22.7 Å². The summed E-state index contributed by atoms with van der Waals surface area (Å²) in [6, 6.07) is 17.4. The Kier molecular flexibility index (Phi) is 4.50. The quantitative estimate of drug-likeness (QED) is 0.550. The number of hydrogen-bond donors (Lipinski definition) is 1. The SMILES string of the molecule is CC(Sc1nncc2ccccc12)C(=O)Nc1cccc2ncccc12. The first-order valence-corrected chi connectivity index (χ1v) is 9.12. The molecule has 0 aliphatic carbocycles. The second-order valence-electron chi connectivity index (χ2n) is 5.86. The van der Waals surface area contributed by atoms with Gasteiger partial charge in [-0.1, -0.05) is 42.1 Å². The lowest BCUT2D eigenvalue weighted by molar-refractivity contribution is -0.115. The van der Waals surface area contributed by atoms with Crippen molar-refractivity contribution >= 4 is 45.0 Å². The number of fused-ring (bicyclic) bond motifs is 2. The summed E-state index contributed by atoms with van der Waals surface area (Å²) < 4.78 is 0. The van der Waals surface area contributed by atoms with Gasteiger partial charge in [0.15, 0.2) is 0 Å². The minimum absolute atomic E-state index is 0.0823. The average molecular weight is 360 g/mol. The van der Waals surface area contributed by atoms with Crippen molar-refractivity contribution in [2.75, 3.05) is 5.32 Å². The molecule has 0 spiro atoms. The van der Waals surface area contributed by atoms with Crippen molar-refractivity contribution < 1.29 is 4.79 Å². The predicted molar refractivity (Wildman–Crippen MR) is 105 cm³/mol. The van der Waals surface area contributed by atoms with Crippen LogP contribution in [-0.2, 0) is 4.79 Å². The molecule has 0 fully saturated rings. The number of aromatic nitrogens is 3. The van der Waals surface area contributed by atoms with Crippen LogP contribution in [0.3, 0.4) is 0 Å². The van der Waals surface area contributed by atoms with Gasteiger partial charge in [0.25, 0.3) is 0 Å². The second kappa shape index (κ2) is 7.09. The molecule has 2 heterocycles. The third kappa shape index (κ3) is 3.23. The Morgan fingerprint density at radius 3 is 2.81 bits per heavy atom. The normalized spacial score (nSPS) is 12.2. The van der Waals surface area contributed by atoms with Crippen LogP contribution in [0.2, 0.25) is 0 Å². The van der Waals surface area contributed by atoms with E-state index in [1.54, 1.807) is 12.4 Å². The molecule has 0 bridgehead atoms. The molecule has 26 heavy (non-hydrogen) atoms. The smallest absolute Gasteiger partial charge is 0.237 e. The lowest BCUT2D eigenvalue weighted by Gasteiger charge is -2.13. The van der Waals surface area contributed by atoms with E-state index in [4.69, 9.17) is 0 Å². The highest BCUT2D eigenvalue weighted by atomic mass is 32.2. The van der Waals surface area contributed by atoms with Crippen LogP contribution < -0.4 is 5.32 Å². The maximum absolute atomic E-state index is 12.7. The van der Waals surface area contributed by atoms with Gasteiger partial charge in [-0.15, -0.1) is 5.10 Å². The number of benzene rings is 2. The van der Waals surface area contributed by atoms with Crippen LogP contribution in [-0.4, -0.2) is 26.3 Å². The fraction of sp³-hybridized carbons (Fsp3) is 0.100. The maximum Gasteiger partial charge on any atom is 0.237 e. The molecule has 1 N–H and O–H groups in total. The van der Waals surface area contributed by atoms with E-state index in [1.807, 2.05) is 61.5 Å². The zero-order chi connectivity index (χ0) is 17.9. The molecule has 1 unspecified atom stereocenters. The number of anilines is 1. The Morgan fingerprint density at radius 2 is 1.88 bits per heavy atom. The monoisotopic (exact) mass is 360 g/mol. The summed E-state index contributed by atoms with van der Waals surface area (Å²) >= 11 is 1.40. The molecule has 0 aliphatic rings. The van der Waals surface area contributed by atoms with E-state index in [9.17, 15) is 4.79 Å². The standard InChI is InChI=1S/C20H16N4OS/c1-13(26-20-15-7-3-2-6-14(15)12-22-24-20)19(25)23-18-10-4-9-17-16(18)8-5-11-21-17/h2-13H,1H3,(H,23,25). The molecule has 4 rings (SSSR count). The van der Waals surface area contributed by atoms with Crippen molar-refractivity contribution in [2.24, 2.45) is 0 Å². The van der Waals surface area contributed by atoms with Gasteiger partial charge < -0.3 is 5.32 Å². The van der Waals surface area contributed by atoms with E-state index < -0.39 is 0 Å². The van der Waals surface area contributed by atoms with Gasteiger partial charge in [-0.3, -0.25) is 9.78 Å². The number of nitrogens with one attached hydrogen (secondary N) is 1. The Balaban J connectivity index is 1.56. The first-order valence-electron chi connectivity index (χ1n) is 8.24. The third-order valence-electron chi connectivity index (χ3n) is 4.10. The summed E-state index contributed by atoms with van der Waals surface area (Å²) in [5, 5.41) is 14.6. The molecule has 5 nitrogen and oxygen atoms in total. The summed E-state index contributed by atoms with van der Waals surface area (Å²) in [6.45, 7) is 1.87. The van der Waals surface area contributed by atoms with Gasteiger partial charge in [0.2, 0.25) is 5.91 Å². The molecule has 0 aliphatic heterocycles. The van der Waals surface area contributed by atoms with E-state index in [0.717, 1.165) is 32.4 Å². The topological polar surface area (TPSA) is 67.8 Å². The molecule has 0 saturated heterocycles. The fourth-order valence-electron chi connectivity index (χ4n) is 2.76. The Morgan fingerprint density at radius 1 is 1.04 bits per heavy atom. The molecule has 0 radical (unpaired) electrons. The maximum atomic E-state index is 12.7. The van der Waals surface area contributed by atoms with Crippen LogP contribution in [0.1, 0.15) is 6.92 Å². The molecule has 2 aromatic carbocycles. The molecule has 4 aromatic rings. The lowest BCUT2D eigenvalue weighted by Crippen LogP contribution is -2.22. The minimum Gasteiger partial charge on any atom is -0.324 e. The Bertz CT molecular complexity index is 1090. The first kappa shape index (κ1) is 16.5. The van der Waals surface area contributed by atoms with Crippen LogP contribution in [0.4, 0.5) is 5.69 Å². The zero-order valence-electron chi connectivity index (χ0n) is 14.1. The van der Waals surface area contributed by atoms with Gasteiger partial charge in [0.1, 0.15) is 5.03 Å². The van der Waals surface area contributed by atoms with Gasteiger partial charge in [-0.25, -0.2) is 0 Å². The third-order valence-corrected chi connectivity index (χ3v) is 5.19. The molecule has 1 amide bonds. The molecule has 1 atom stereocenters. The molecule has 0 saturated carbocycles. The van der Waals surface area contributed by atoms with E-state index in [0.29, 0.717) is 0 Å². The number of pyridine rings is 1. The van der Waals surface area contributed by atoms with E-state index in [-0.39, 0.29) is 11.2 Å².